The van der Waals surface area contributed by atoms with Crippen molar-refractivity contribution in [1.82, 2.24) is 14.5 Å². The van der Waals surface area contributed by atoms with E-state index in [4.69, 9.17) is 4.98 Å². The molecule has 0 N–H and O–H groups in total. The minimum atomic E-state index is 0.0424. The maximum Gasteiger partial charge on any atom is 0.262 e. The van der Waals surface area contributed by atoms with Crippen LogP contribution in [-0.2, 0) is 24.8 Å². The van der Waals surface area contributed by atoms with E-state index in [0.29, 0.717) is 6.54 Å². The predicted octanol–water partition coefficient (Wildman–Crippen LogP) is 4.53. The number of nitrogens with zero attached hydrogens (tertiary/aromatic N) is 3. The van der Waals surface area contributed by atoms with Crippen molar-refractivity contribution in [3.05, 3.63) is 43.2 Å². The van der Waals surface area contributed by atoms with Gasteiger partial charge in [-0.1, -0.05) is 27.2 Å². The molecule has 0 aromatic carbocycles. The highest BCUT2D eigenvalue weighted by Crippen LogP contribution is 2.32. The van der Waals surface area contributed by atoms with Gasteiger partial charge < -0.3 is 0 Å². The number of thiazole rings is 1. The van der Waals surface area contributed by atoms with Crippen LogP contribution in [0.3, 0.4) is 0 Å². The summed E-state index contributed by atoms with van der Waals surface area (Å²) in [6.07, 6.45) is 7.46. The standard InChI is InChI=1S/C19H23N3OS2/c1-19(2,3)18-21-12(10-24-18)9-22-11-20-16-15(17(22)23)13-7-5-4-6-8-14(13)25-16/h10-11H,4-9H2,1-3H3. The topological polar surface area (TPSA) is 47.8 Å². The zero-order chi connectivity index (χ0) is 17.6. The fourth-order valence-electron chi connectivity index (χ4n) is 3.37. The third-order valence-electron chi connectivity index (χ3n) is 4.72. The third-order valence-corrected chi connectivity index (χ3v) is 7.23. The van der Waals surface area contributed by atoms with Gasteiger partial charge in [0.15, 0.2) is 0 Å². The zero-order valence-electron chi connectivity index (χ0n) is 15.0. The number of aromatic nitrogens is 3. The van der Waals surface area contributed by atoms with E-state index in [-0.39, 0.29) is 11.0 Å². The lowest BCUT2D eigenvalue weighted by molar-refractivity contribution is 0.580. The van der Waals surface area contributed by atoms with Crippen molar-refractivity contribution in [2.45, 2.75) is 64.8 Å². The Morgan fingerprint density at radius 1 is 1.20 bits per heavy atom. The van der Waals surface area contributed by atoms with Crippen LogP contribution < -0.4 is 5.56 Å². The van der Waals surface area contributed by atoms with Crippen molar-refractivity contribution >= 4 is 32.9 Å². The van der Waals surface area contributed by atoms with Crippen LogP contribution in [0.2, 0.25) is 0 Å². The van der Waals surface area contributed by atoms with Crippen molar-refractivity contribution in [1.29, 1.82) is 0 Å². The first kappa shape index (κ1) is 16.9. The summed E-state index contributed by atoms with van der Waals surface area (Å²) in [6, 6.07) is 0. The number of rotatable bonds is 2. The monoisotopic (exact) mass is 373 g/mol. The number of aryl methyl sites for hydroxylation is 2. The molecular formula is C19H23N3OS2. The lowest BCUT2D eigenvalue weighted by atomic mass is 9.98. The molecule has 1 aliphatic rings. The molecule has 0 saturated carbocycles. The van der Waals surface area contributed by atoms with Gasteiger partial charge in [0.2, 0.25) is 0 Å². The van der Waals surface area contributed by atoms with Crippen LogP contribution in [0.15, 0.2) is 16.5 Å². The van der Waals surface area contributed by atoms with E-state index < -0.39 is 0 Å². The Balaban J connectivity index is 1.73. The molecule has 0 atom stereocenters. The fraction of sp³-hybridized carbons (Fsp3) is 0.526. The largest absolute Gasteiger partial charge is 0.293 e. The van der Waals surface area contributed by atoms with E-state index in [1.807, 2.05) is 0 Å². The van der Waals surface area contributed by atoms with Crippen LogP contribution in [0.25, 0.3) is 10.2 Å². The Kier molecular flexibility index (Phi) is 4.28. The molecule has 4 nitrogen and oxygen atoms in total. The summed E-state index contributed by atoms with van der Waals surface area (Å²) in [7, 11) is 0. The van der Waals surface area contributed by atoms with Crippen LogP contribution in [0, 0.1) is 0 Å². The van der Waals surface area contributed by atoms with Crippen molar-refractivity contribution in [3.8, 4) is 0 Å². The summed E-state index contributed by atoms with van der Waals surface area (Å²) >= 11 is 3.38. The van der Waals surface area contributed by atoms with Crippen LogP contribution in [-0.4, -0.2) is 14.5 Å². The molecule has 132 valence electrons. The van der Waals surface area contributed by atoms with Gasteiger partial charge in [-0.3, -0.25) is 9.36 Å². The van der Waals surface area contributed by atoms with E-state index in [0.717, 1.165) is 33.8 Å². The van der Waals surface area contributed by atoms with E-state index in [9.17, 15) is 4.79 Å². The molecule has 1 aliphatic carbocycles. The van der Waals surface area contributed by atoms with Crippen LogP contribution in [0.1, 0.15) is 61.2 Å². The lowest BCUT2D eigenvalue weighted by Crippen LogP contribution is -2.21. The summed E-state index contributed by atoms with van der Waals surface area (Å²) in [5.41, 5.74) is 2.34. The SMILES string of the molecule is CC(C)(C)c1nc(Cn2cnc3sc4c(c3c2=O)CCCCC4)cs1. The Morgan fingerprint density at radius 3 is 2.76 bits per heavy atom. The molecule has 3 heterocycles. The summed E-state index contributed by atoms with van der Waals surface area (Å²) < 4.78 is 1.72. The highest BCUT2D eigenvalue weighted by molar-refractivity contribution is 7.18. The molecule has 4 rings (SSSR count). The molecule has 3 aromatic heterocycles. The molecular weight excluding hydrogens is 350 g/mol. The maximum atomic E-state index is 13.1. The average Bonchev–Trinajstić information content (AvgIpc) is 3.09. The van der Waals surface area contributed by atoms with Crippen LogP contribution in [0.5, 0.6) is 0 Å². The van der Waals surface area contributed by atoms with Gasteiger partial charge >= 0.3 is 0 Å². The number of hydrogen-bond acceptors (Lipinski definition) is 5. The van der Waals surface area contributed by atoms with E-state index in [1.54, 1.807) is 33.6 Å². The summed E-state index contributed by atoms with van der Waals surface area (Å²) in [6.45, 7) is 6.99. The van der Waals surface area contributed by atoms with E-state index in [2.05, 4.69) is 31.1 Å². The molecule has 0 spiro atoms. The Hall–Kier alpha value is -1.53. The van der Waals surface area contributed by atoms with Crippen LogP contribution in [0.4, 0.5) is 0 Å². The molecule has 0 amide bonds. The number of fused-ring (bicyclic) bond motifs is 3. The number of thiophene rings is 1. The average molecular weight is 374 g/mol. The molecule has 0 aliphatic heterocycles. The highest BCUT2D eigenvalue weighted by Gasteiger charge is 2.21. The van der Waals surface area contributed by atoms with Gasteiger partial charge in [-0.15, -0.1) is 22.7 Å². The minimum absolute atomic E-state index is 0.0424. The second kappa shape index (κ2) is 6.32. The van der Waals surface area contributed by atoms with Crippen molar-refractivity contribution in [2.24, 2.45) is 0 Å². The van der Waals surface area contributed by atoms with Crippen molar-refractivity contribution in [2.75, 3.05) is 0 Å². The Labute approximate surface area is 155 Å². The van der Waals surface area contributed by atoms with Gasteiger partial charge in [0, 0.05) is 15.7 Å². The maximum absolute atomic E-state index is 13.1. The molecule has 3 aromatic rings. The number of hydrogen-bond donors (Lipinski definition) is 0. The molecule has 0 saturated heterocycles. The molecule has 0 unspecified atom stereocenters. The Morgan fingerprint density at radius 2 is 2.00 bits per heavy atom. The van der Waals surface area contributed by atoms with Gasteiger partial charge in [0.05, 0.1) is 29.0 Å². The van der Waals surface area contributed by atoms with E-state index >= 15 is 0 Å². The van der Waals surface area contributed by atoms with Gasteiger partial charge in [-0.2, -0.15) is 0 Å². The van der Waals surface area contributed by atoms with Gasteiger partial charge in [0.25, 0.3) is 5.56 Å². The summed E-state index contributed by atoms with van der Waals surface area (Å²) in [5, 5.41) is 4.02. The molecule has 0 fully saturated rings. The third kappa shape index (κ3) is 3.17. The van der Waals surface area contributed by atoms with E-state index in [1.165, 1.54) is 29.7 Å². The van der Waals surface area contributed by atoms with Crippen LogP contribution >= 0.6 is 22.7 Å². The first-order chi connectivity index (χ1) is 11.9. The molecule has 25 heavy (non-hydrogen) atoms. The Bertz CT molecular complexity index is 975. The normalized spacial score (nSPS) is 15.3. The quantitative estimate of drug-likeness (QED) is 0.620. The molecule has 6 heteroatoms. The highest BCUT2D eigenvalue weighted by atomic mass is 32.1. The minimum Gasteiger partial charge on any atom is -0.293 e. The second-order valence-corrected chi connectivity index (χ2v) is 9.76. The second-order valence-electron chi connectivity index (χ2n) is 7.82. The summed E-state index contributed by atoms with van der Waals surface area (Å²) in [4.78, 5) is 24.7. The van der Waals surface area contributed by atoms with Gasteiger partial charge in [0.1, 0.15) is 4.83 Å². The van der Waals surface area contributed by atoms with Crippen molar-refractivity contribution < 1.29 is 0 Å². The fourth-order valence-corrected chi connectivity index (χ4v) is 5.49. The first-order valence-corrected chi connectivity index (χ1v) is 10.6. The lowest BCUT2D eigenvalue weighted by Gasteiger charge is -2.13. The molecule has 0 radical (unpaired) electrons. The zero-order valence-corrected chi connectivity index (χ0v) is 16.6. The van der Waals surface area contributed by atoms with Gasteiger partial charge in [-0.25, -0.2) is 9.97 Å². The summed E-state index contributed by atoms with van der Waals surface area (Å²) in [5.74, 6) is 0. The van der Waals surface area contributed by atoms with Gasteiger partial charge in [-0.05, 0) is 31.2 Å². The first-order valence-electron chi connectivity index (χ1n) is 8.88. The smallest absolute Gasteiger partial charge is 0.262 e. The molecule has 0 bridgehead atoms. The predicted molar refractivity (Wildman–Crippen MR) is 105 cm³/mol. The van der Waals surface area contributed by atoms with Crippen molar-refractivity contribution in [3.63, 3.8) is 0 Å².